The fraction of sp³-hybridized carbons (Fsp3) is 0.200. The second kappa shape index (κ2) is 6.30. The molecule has 0 aliphatic carbocycles. The third-order valence-electron chi connectivity index (χ3n) is 3.18. The lowest BCUT2D eigenvalue weighted by molar-refractivity contribution is 0.0950. The summed E-state index contributed by atoms with van der Waals surface area (Å²) in [7, 11) is 1.70. The van der Waals surface area contributed by atoms with Crippen LogP contribution in [0.5, 0.6) is 0 Å². The zero-order chi connectivity index (χ0) is 16.2. The summed E-state index contributed by atoms with van der Waals surface area (Å²) < 4.78 is 0. The lowest BCUT2D eigenvalue weighted by atomic mass is 10.1. The van der Waals surface area contributed by atoms with E-state index in [0.29, 0.717) is 23.6 Å². The van der Waals surface area contributed by atoms with E-state index in [1.165, 1.54) is 4.80 Å². The summed E-state index contributed by atoms with van der Waals surface area (Å²) >= 11 is 0. The lowest BCUT2D eigenvalue weighted by Gasteiger charge is -2.05. The second-order valence-corrected chi connectivity index (χ2v) is 5.01. The predicted molar refractivity (Wildman–Crippen MR) is 82.2 cm³/mol. The van der Waals surface area contributed by atoms with Crippen LogP contribution in [0.25, 0.3) is 11.4 Å². The number of hydrogen-bond acceptors (Lipinski definition) is 6. The van der Waals surface area contributed by atoms with Crippen LogP contribution in [0.1, 0.15) is 21.7 Å². The molecule has 8 heteroatoms. The number of carbonyl (C=O) groups excluding carboxylic acids is 1. The Morgan fingerprint density at radius 2 is 1.96 bits per heavy atom. The molecule has 0 saturated carbocycles. The summed E-state index contributed by atoms with van der Waals surface area (Å²) in [6, 6.07) is 7.03. The molecule has 0 unspecified atom stereocenters. The molecule has 2 aromatic heterocycles. The van der Waals surface area contributed by atoms with Crippen LogP contribution in [0.15, 0.2) is 36.7 Å². The molecule has 23 heavy (non-hydrogen) atoms. The van der Waals surface area contributed by atoms with Crippen LogP contribution in [0.3, 0.4) is 0 Å². The Morgan fingerprint density at radius 1 is 1.17 bits per heavy atom. The molecule has 0 fully saturated rings. The smallest absolute Gasteiger partial charge is 0.251 e. The molecule has 116 valence electrons. The Balaban J connectivity index is 1.64. The highest BCUT2D eigenvalue weighted by Gasteiger charge is 2.08. The number of aromatic nitrogens is 6. The van der Waals surface area contributed by atoms with Crippen molar-refractivity contribution in [3.63, 3.8) is 0 Å². The Bertz CT molecular complexity index is 809. The highest BCUT2D eigenvalue weighted by atomic mass is 16.1. The highest BCUT2D eigenvalue weighted by Crippen LogP contribution is 2.14. The van der Waals surface area contributed by atoms with Gasteiger partial charge in [0.25, 0.3) is 5.91 Å². The number of amides is 1. The maximum Gasteiger partial charge on any atom is 0.251 e. The fourth-order valence-electron chi connectivity index (χ4n) is 1.95. The first kappa shape index (κ1) is 14.8. The molecule has 8 nitrogen and oxygen atoms in total. The average molecular weight is 309 g/mol. The topological polar surface area (TPSA) is 98.5 Å². The Labute approximate surface area is 132 Å². The van der Waals surface area contributed by atoms with Gasteiger partial charge in [0.15, 0.2) is 0 Å². The number of nitrogens with one attached hydrogen (secondary N) is 1. The molecule has 0 aliphatic heterocycles. The number of aryl methyl sites for hydroxylation is 2. The van der Waals surface area contributed by atoms with Crippen molar-refractivity contribution in [1.29, 1.82) is 0 Å². The molecule has 3 rings (SSSR count). The minimum Gasteiger partial charge on any atom is -0.346 e. The van der Waals surface area contributed by atoms with Crippen LogP contribution in [0.2, 0.25) is 0 Å². The van der Waals surface area contributed by atoms with Gasteiger partial charge in [-0.15, -0.1) is 10.2 Å². The summed E-state index contributed by atoms with van der Waals surface area (Å²) in [5.74, 6) is 0.348. The van der Waals surface area contributed by atoms with Crippen molar-refractivity contribution in [2.45, 2.75) is 13.5 Å². The summed E-state index contributed by atoms with van der Waals surface area (Å²) in [5, 5.41) is 14.6. The van der Waals surface area contributed by atoms with E-state index in [9.17, 15) is 4.79 Å². The predicted octanol–water partition coefficient (Wildman–Crippen LogP) is 0.906. The van der Waals surface area contributed by atoms with Gasteiger partial charge in [0, 0.05) is 17.3 Å². The molecule has 0 spiro atoms. The molecule has 0 saturated heterocycles. The number of benzene rings is 1. The van der Waals surface area contributed by atoms with Crippen molar-refractivity contribution in [2.24, 2.45) is 7.05 Å². The highest BCUT2D eigenvalue weighted by molar-refractivity contribution is 5.94. The third kappa shape index (κ3) is 3.54. The van der Waals surface area contributed by atoms with Crippen LogP contribution in [0, 0.1) is 6.92 Å². The molecule has 2 heterocycles. The summed E-state index contributed by atoms with van der Waals surface area (Å²) in [5.41, 5.74) is 2.91. The number of tetrazole rings is 1. The SMILES string of the molecule is Cc1cnc(CNC(=O)c2ccc(-c3nnn(C)n3)cc2)cn1. The molecule has 1 aromatic carbocycles. The first-order valence-corrected chi connectivity index (χ1v) is 7.02. The van der Waals surface area contributed by atoms with E-state index in [1.807, 2.05) is 6.92 Å². The Morgan fingerprint density at radius 3 is 2.57 bits per heavy atom. The van der Waals surface area contributed by atoms with E-state index < -0.39 is 0 Å². The van der Waals surface area contributed by atoms with Crippen molar-refractivity contribution in [2.75, 3.05) is 0 Å². The molecular weight excluding hydrogens is 294 g/mol. The van der Waals surface area contributed by atoms with Gasteiger partial charge >= 0.3 is 0 Å². The molecule has 1 N–H and O–H groups in total. The molecule has 1 amide bonds. The maximum atomic E-state index is 12.1. The quantitative estimate of drug-likeness (QED) is 0.769. The number of nitrogens with zero attached hydrogens (tertiary/aromatic N) is 6. The average Bonchev–Trinajstić information content (AvgIpc) is 3.01. The van der Waals surface area contributed by atoms with Crippen molar-refractivity contribution in [1.82, 2.24) is 35.5 Å². The second-order valence-electron chi connectivity index (χ2n) is 5.01. The zero-order valence-corrected chi connectivity index (χ0v) is 12.8. The van der Waals surface area contributed by atoms with E-state index in [2.05, 4.69) is 30.7 Å². The van der Waals surface area contributed by atoms with Crippen molar-refractivity contribution in [3.8, 4) is 11.4 Å². The van der Waals surface area contributed by atoms with Gasteiger partial charge in [-0.3, -0.25) is 14.8 Å². The first-order chi connectivity index (χ1) is 11.1. The monoisotopic (exact) mass is 309 g/mol. The summed E-state index contributed by atoms with van der Waals surface area (Å²) in [6.45, 7) is 2.20. The van der Waals surface area contributed by atoms with Crippen LogP contribution in [-0.4, -0.2) is 36.1 Å². The van der Waals surface area contributed by atoms with E-state index in [4.69, 9.17) is 0 Å². The molecule has 0 aliphatic rings. The van der Waals surface area contributed by atoms with Gasteiger partial charge in [-0.05, 0) is 24.3 Å². The third-order valence-corrected chi connectivity index (χ3v) is 3.18. The van der Waals surface area contributed by atoms with Gasteiger partial charge in [-0.25, -0.2) is 0 Å². The van der Waals surface area contributed by atoms with Gasteiger partial charge in [0.2, 0.25) is 5.82 Å². The van der Waals surface area contributed by atoms with Crippen LogP contribution in [0.4, 0.5) is 0 Å². The van der Waals surface area contributed by atoms with E-state index in [0.717, 1.165) is 11.3 Å². The van der Waals surface area contributed by atoms with Crippen LogP contribution in [-0.2, 0) is 13.6 Å². The summed E-state index contributed by atoms with van der Waals surface area (Å²) in [6.07, 6.45) is 3.32. The van der Waals surface area contributed by atoms with E-state index in [-0.39, 0.29) is 5.91 Å². The summed E-state index contributed by atoms with van der Waals surface area (Å²) in [4.78, 5) is 21.9. The number of rotatable bonds is 4. The molecule has 0 radical (unpaired) electrons. The van der Waals surface area contributed by atoms with Gasteiger partial charge in [0.1, 0.15) is 0 Å². The van der Waals surface area contributed by atoms with E-state index in [1.54, 1.807) is 43.7 Å². The normalized spacial score (nSPS) is 10.5. The minimum atomic E-state index is -0.175. The van der Waals surface area contributed by atoms with E-state index >= 15 is 0 Å². The molecular formula is C15H15N7O. The maximum absolute atomic E-state index is 12.1. The Kier molecular flexibility index (Phi) is 4.05. The van der Waals surface area contributed by atoms with Gasteiger partial charge < -0.3 is 5.32 Å². The van der Waals surface area contributed by atoms with Crippen LogP contribution < -0.4 is 5.32 Å². The standard InChI is InChI=1S/C15H15N7O/c1-10-7-17-13(8-16-10)9-18-15(23)12-5-3-11(4-6-12)14-19-21-22(2)20-14/h3-8H,9H2,1-2H3,(H,18,23). The minimum absolute atomic E-state index is 0.175. The first-order valence-electron chi connectivity index (χ1n) is 7.02. The molecule has 0 atom stereocenters. The number of carbonyl (C=O) groups is 1. The number of hydrogen-bond donors (Lipinski definition) is 1. The van der Waals surface area contributed by atoms with Gasteiger partial charge in [-0.2, -0.15) is 4.80 Å². The van der Waals surface area contributed by atoms with Gasteiger partial charge in [-0.1, -0.05) is 12.1 Å². The molecule has 3 aromatic rings. The fourth-order valence-corrected chi connectivity index (χ4v) is 1.95. The Hall–Kier alpha value is -3.16. The van der Waals surface area contributed by atoms with Crippen molar-refractivity contribution >= 4 is 5.91 Å². The van der Waals surface area contributed by atoms with Gasteiger partial charge in [0.05, 0.1) is 31.2 Å². The molecule has 0 bridgehead atoms. The van der Waals surface area contributed by atoms with Crippen molar-refractivity contribution in [3.05, 3.63) is 53.6 Å². The van der Waals surface area contributed by atoms with Crippen molar-refractivity contribution < 1.29 is 4.79 Å². The van der Waals surface area contributed by atoms with Crippen LogP contribution >= 0.6 is 0 Å². The largest absolute Gasteiger partial charge is 0.346 e. The zero-order valence-electron chi connectivity index (χ0n) is 12.8. The lowest BCUT2D eigenvalue weighted by Crippen LogP contribution is -2.23.